The topological polar surface area (TPSA) is 17.0 Å². The molecule has 80 valence electrons. The third-order valence-corrected chi connectivity index (χ3v) is 3.24. The van der Waals surface area contributed by atoms with E-state index in [1.54, 1.807) is 6.26 Å². The van der Waals surface area contributed by atoms with Crippen LogP contribution in [0, 0.1) is 13.8 Å². The summed E-state index contributed by atoms with van der Waals surface area (Å²) in [5.41, 5.74) is 4.90. The minimum absolute atomic E-state index is 0.509. The van der Waals surface area contributed by atoms with Gasteiger partial charge in [0.1, 0.15) is 12.6 Å². The molecule has 0 saturated carbocycles. The molecule has 0 aliphatic rings. The van der Waals surface area contributed by atoms with E-state index in [2.05, 4.69) is 45.4 Å². The molecule has 0 aromatic carbocycles. The maximum atomic E-state index is 5.56. The van der Waals surface area contributed by atoms with Crippen LogP contribution in [-0.2, 0) is 7.05 Å². The first-order valence-electron chi connectivity index (χ1n) is 5.40. The number of pyridine rings is 1. The second-order valence-corrected chi connectivity index (χ2v) is 4.47. The smallest absolute Gasteiger partial charge is 0.195 e. The number of fused-ring (bicyclic) bond motifs is 1. The van der Waals surface area contributed by atoms with Crippen molar-refractivity contribution in [1.29, 1.82) is 0 Å². The lowest BCUT2D eigenvalue weighted by Crippen LogP contribution is -2.38. The Balaban J connectivity index is 2.94. The van der Waals surface area contributed by atoms with Gasteiger partial charge < -0.3 is 4.42 Å². The van der Waals surface area contributed by atoms with E-state index in [1.807, 2.05) is 0 Å². The van der Waals surface area contributed by atoms with Gasteiger partial charge in [0.05, 0.1) is 17.2 Å². The lowest BCUT2D eigenvalue weighted by Gasteiger charge is -2.09. The maximum Gasteiger partial charge on any atom is 0.195 e. The molecule has 2 heterocycles. The average Bonchev–Trinajstić information content (AvgIpc) is 2.62. The second kappa shape index (κ2) is 3.37. The molecule has 2 aromatic heterocycles. The summed E-state index contributed by atoms with van der Waals surface area (Å²) in [6, 6.07) is 2.07. The van der Waals surface area contributed by atoms with Crippen molar-refractivity contribution in [3.8, 4) is 0 Å². The highest BCUT2D eigenvalue weighted by Gasteiger charge is 2.23. The second-order valence-electron chi connectivity index (χ2n) is 4.47. The fraction of sp³-hybridized carbons (Fsp3) is 0.462. The van der Waals surface area contributed by atoms with Crippen molar-refractivity contribution < 1.29 is 8.98 Å². The first kappa shape index (κ1) is 10.2. The van der Waals surface area contributed by atoms with E-state index in [1.165, 1.54) is 22.3 Å². The Hall–Kier alpha value is -1.31. The van der Waals surface area contributed by atoms with Crippen molar-refractivity contribution in [2.75, 3.05) is 0 Å². The van der Waals surface area contributed by atoms with Crippen LogP contribution in [-0.4, -0.2) is 0 Å². The Morgan fingerprint density at radius 2 is 1.93 bits per heavy atom. The Bertz CT molecular complexity index is 509. The summed E-state index contributed by atoms with van der Waals surface area (Å²) in [7, 11) is 2.13. The molecule has 2 nitrogen and oxygen atoms in total. The van der Waals surface area contributed by atoms with Crippen LogP contribution in [0.25, 0.3) is 11.0 Å². The van der Waals surface area contributed by atoms with E-state index in [0.29, 0.717) is 5.92 Å². The molecule has 0 aliphatic heterocycles. The molecule has 2 rings (SSSR count). The first-order valence-corrected chi connectivity index (χ1v) is 5.40. The number of hydrogen-bond donors (Lipinski definition) is 0. The summed E-state index contributed by atoms with van der Waals surface area (Å²) in [6.07, 6.45) is 1.78. The zero-order valence-electron chi connectivity index (χ0n) is 10.1. The average molecular weight is 204 g/mol. The van der Waals surface area contributed by atoms with Crippen LogP contribution < -0.4 is 4.57 Å². The molecule has 0 fully saturated rings. The Morgan fingerprint density at radius 1 is 1.27 bits per heavy atom. The van der Waals surface area contributed by atoms with Crippen molar-refractivity contribution in [2.45, 2.75) is 33.6 Å². The molecule has 0 amide bonds. The summed E-state index contributed by atoms with van der Waals surface area (Å²) in [5, 5.41) is 1.25. The molecule has 0 spiro atoms. The van der Waals surface area contributed by atoms with E-state index in [9.17, 15) is 0 Å². The molecule has 2 aromatic rings. The highest BCUT2D eigenvalue weighted by atomic mass is 16.3. The monoisotopic (exact) mass is 204 g/mol. The van der Waals surface area contributed by atoms with Gasteiger partial charge in [-0.1, -0.05) is 13.8 Å². The van der Waals surface area contributed by atoms with Crippen LogP contribution in [0.4, 0.5) is 0 Å². The van der Waals surface area contributed by atoms with Gasteiger partial charge in [-0.25, -0.2) is 4.57 Å². The van der Waals surface area contributed by atoms with Gasteiger partial charge in [-0.15, -0.1) is 0 Å². The third-order valence-electron chi connectivity index (χ3n) is 3.24. The summed E-state index contributed by atoms with van der Waals surface area (Å²) < 4.78 is 7.84. The van der Waals surface area contributed by atoms with Gasteiger partial charge in [0.2, 0.25) is 0 Å². The van der Waals surface area contributed by atoms with Gasteiger partial charge in [0.15, 0.2) is 11.4 Å². The van der Waals surface area contributed by atoms with Crippen molar-refractivity contribution >= 4 is 11.0 Å². The van der Waals surface area contributed by atoms with Crippen LogP contribution >= 0.6 is 0 Å². The summed E-state index contributed by atoms with van der Waals surface area (Å²) >= 11 is 0. The SMILES string of the molecule is Cc1c(C)[n+](C)c(C(C)C)c2ccoc12. The molecule has 0 saturated heterocycles. The van der Waals surface area contributed by atoms with Crippen LogP contribution in [0.1, 0.15) is 36.7 Å². The van der Waals surface area contributed by atoms with Gasteiger partial charge in [-0.2, -0.15) is 0 Å². The number of aryl methyl sites for hydroxylation is 1. The molecule has 0 N–H and O–H groups in total. The van der Waals surface area contributed by atoms with Gasteiger partial charge in [-0.3, -0.25) is 0 Å². The number of nitrogens with zero attached hydrogens (tertiary/aromatic N) is 1. The van der Waals surface area contributed by atoms with Gasteiger partial charge in [0.25, 0.3) is 0 Å². The minimum Gasteiger partial charge on any atom is -0.464 e. The molecular formula is C13H18NO+. The van der Waals surface area contributed by atoms with Gasteiger partial charge >= 0.3 is 0 Å². The largest absolute Gasteiger partial charge is 0.464 e. The summed E-state index contributed by atoms with van der Waals surface area (Å²) in [6.45, 7) is 8.70. The lowest BCUT2D eigenvalue weighted by atomic mass is 10.0. The highest BCUT2D eigenvalue weighted by molar-refractivity contribution is 5.82. The molecule has 0 radical (unpaired) electrons. The van der Waals surface area contributed by atoms with Crippen LogP contribution in [0.5, 0.6) is 0 Å². The number of furan rings is 1. The molecule has 2 heteroatoms. The normalized spacial score (nSPS) is 11.6. The molecule has 0 aliphatic carbocycles. The molecule has 15 heavy (non-hydrogen) atoms. The van der Waals surface area contributed by atoms with E-state index >= 15 is 0 Å². The standard InChI is InChI=1S/C13H18NO/c1-8(2)12-11-6-7-15-13(11)9(3)10(4)14(12)5/h6-8H,1-5H3/q+1. The maximum absolute atomic E-state index is 5.56. The van der Waals surface area contributed by atoms with Crippen molar-refractivity contribution in [1.82, 2.24) is 0 Å². The lowest BCUT2D eigenvalue weighted by molar-refractivity contribution is -0.685. The van der Waals surface area contributed by atoms with Crippen molar-refractivity contribution in [3.63, 3.8) is 0 Å². The van der Waals surface area contributed by atoms with Gasteiger partial charge in [-0.05, 0) is 13.0 Å². The number of aromatic nitrogens is 1. The van der Waals surface area contributed by atoms with Crippen LogP contribution in [0.15, 0.2) is 16.7 Å². The fourth-order valence-electron chi connectivity index (χ4n) is 2.28. The van der Waals surface area contributed by atoms with Crippen LogP contribution in [0.3, 0.4) is 0 Å². The fourth-order valence-corrected chi connectivity index (χ4v) is 2.28. The Kier molecular flexibility index (Phi) is 2.29. The van der Waals surface area contributed by atoms with E-state index in [-0.39, 0.29) is 0 Å². The summed E-state index contributed by atoms with van der Waals surface area (Å²) in [4.78, 5) is 0. The molecule has 0 atom stereocenters. The quantitative estimate of drug-likeness (QED) is 0.653. The summed E-state index contributed by atoms with van der Waals surface area (Å²) in [5.74, 6) is 0.509. The number of rotatable bonds is 1. The molecular weight excluding hydrogens is 186 g/mol. The predicted molar refractivity (Wildman–Crippen MR) is 61.0 cm³/mol. The van der Waals surface area contributed by atoms with Crippen molar-refractivity contribution in [2.24, 2.45) is 7.05 Å². The minimum atomic E-state index is 0.509. The molecule has 0 bridgehead atoms. The van der Waals surface area contributed by atoms with E-state index in [0.717, 1.165) is 5.58 Å². The van der Waals surface area contributed by atoms with Gasteiger partial charge in [0, 0.05) is 12.8 Å². The Morgan fingerprint density at radius 3 is 2.53 bits per heavy atom. The van der Waals surface area contributed by atoms with Crippen LogP contribution in [0.2, 0.25) is 0 Å². The highest BCUT2D eigenvalue weighted by Crippen LogP contribution is 2.26. The van der Waals surface area contributed by atoms with Crippen molar-refractivity contribution in [3.05, 3.63) is 29.3 Å². The van der Waals surface area contributed by atoms with E-state index in [4.69, 9.17) is 4.42 Å². The number of hydrogen-bond acceptors (Lipinski definition) is 1. The zero-order valence-corrected chi connectivity index (χ0v) is 10.1. The first-order chi connectivity index (χ1) is 7.04. The third kappa shape index (κ3) is 1.36. The molecule has 0 unspecified atom stereocenters. The van der Waals surface area contributed by atoms with E-state index < -0.39 is 0 Å². The zero-order chi connectivity index (χ0) is 11.2. The Labute approximate surface area is 90.5 Å². The predicted octanol–water partition coefficient (Wildman–Crippen LogP) is 3.00.